The minimum Gasteiger partial charge on any atom is -0.481 e. The fourth-order valence-corrected chi connectivity index (χ4v) is 5.96. The number of carboxylic acid groups (broad SMARTS) is 2. The smallest absolute Gasteiger partial charge is 0.408 e. The molecule has 5 N–H and O–H groups in total. The number of thioether (sulfide) groups is 1. The lowest BCUT2D eigenvalue weighted by molar-refractivity contribution is -0.149. The summed E-state index contributed by atoms with van der Waals surface area (Å²) >= 11 is 1.29. The molecule has 0 unspecified atom stereocenters. The highest BCUT2D eigenvalue weighted by molar-refractivity contribution is 7.99. The number of hydrogen-bond donors (Lipinski definition) is 4. The van der Waals surface area contributed by atoms with Crippen LogP contribution in [0.2, 0.25) is 0 Å². The average Bonchev–Trinajstić information content (AvgIpc) is 3.32. The lowest BCUT2D eigenvalue weighted by Gasteiger charge is -2.37. The second kappa shape index (κ2) is 7.98. The van der Waals surface area contributed by atoms with Gasteiger partial charge < -0.3 is 26.0 Å². The second-order valence-electron chi connectivity index (χ2n) is 9.17. The SMILES string of the molecule is Cc1cc(SC[C@@H]2[C@@H](N)[C@H]3[C@H](C(=O)O)[C@H]3[C@]2(NC(=O)OC(C)(C)C)C(=O)O)ccc1F. The summed E-state index contributed by atoms with van der Waals surface area (Å²) < 4.78 is 18.8. The van der Waals surface area contributed by atoms with Gasteiger partial charge in [0.05, 0.1) is 5.92 Å². The Bertz CT molecular complexity index is 920. The van der Waals surface area contributed by atoms with Crippen LogP contribution in [0.1, 0.15) is 26.3 Å². The monoisotopic (exact) mass is 454 g/mol. The largest absolute Gasteiger partial charge is 0.481 e. The Morgan fingerprint density at radius 3 is 2.45 bits per heavy atom. The van der Waals surface area contributed by atoms with E-state index in [-0.39, 0.29) is 11.6 Å². The van der Waals surface area contributed by atoms with Gasteiger partial charge in [-0.1, -0.05) is 0 Å². The predicted molar refractivity (Wildman–Crippen MR) is 111 cm³/mol. The summed E-state index contributed by atoms with van der Waals surface area (Å²) in [4.78, 5) is 37.4. The molecule has 2 saturated carbocycles. The van der Waals surface area contributed by atoms with Crippen LogP contribution in [0.4, 0.5) is 9.18 Å². The molecule has 10 heteroatoms. The molecule has 0 bridgehead atoms. The van der Waals surface area contributed by atoms with Crippen LogP contribution < -0.4 is 11.1 Å². The van der Waals surface area contributed by atoms with Crippen molar-refractivity contribution in [1.82, 2.24) is 5.32 Å². The van der Waals surface area contributed by atoms with Crippen molar-refractivity contribution in [2.75, 3.05) is 5.75 Å². The molecule has 1 amide bonds. The normalized spacial score (nSPS) is 31.6. The zero-order chi connectivity index (χ0) is 23.3. The van der Waals surface area contributed by atoms with E-state index in [1.807, 2.05) is 0 Å². The number of hydrogen-bond acceptors (Lipinski definition) is 6. The Morgan fingerprint density at radius 1 is 1.29 bits per heavy atom. The summed E-state index contributed by atoms with van der Waals surface area (Å²) in [6.07, 6.45) is -0.939. The zero-order valence-electron chi connectivity index (χ0n) is 17.7. The van der Waals surface area contributed by atoms with E-state index in [0.717, 1.165) is 4.90 Å². The van der Waals surface area contributed by atoms with Crippen molar-refractivity contribution in [2.24, 2.45) is 29.4 Å². The molecular weight excluding hydrogens is 427 g/mol. The Balaban J connectivity index is 1.91. The number of nitrogens with one attached hydrogen (secondary N) is 1. The van der Waals surface area contributed by atoms with Crippen molar-refractivity contribution in [2.45, 2.75) is 49.8 Å². The number of rotatable bonds is 6. The van der Waals surface area contributed by atoms with Gasteiger partial charge in [-0.05, 0) is 57.4 Å². The first-order chi connectivity index (χ1) is 14.3. The molecule has 3 rings (SSSR count). The number of benzene rings is 1. The molecule has 1 aromatic carbocycles. The Hall–Kier alpha value is -2.33. The van der Waals surface area contributed by atoms with Gasteiger partial charge >= 0.3 is 18.0 Å². The van der Waals surface area contributed by atoms with E-state index in [4.69, 9.17) is 10.5 Å². The van der Waals surface area contributed by atoms with Crippen LogP contribution in [0.15, 0.2) is 23.1 Å². The van der Waals surface area contributed by atoms with Crippen molar-refractivity contribution in [3.63, 3.8) is 0 Å². The van der Waals surface area contributed by atoms with Crippen LogP contribution in [0.25, 0.3) is 0 Å². The number of carboxylic acids is 2. The summed E-state index contributed by atoms with van der Waals surface area (Å²) in [6, 6.07) is 3.81. The number of aryl methyl sites for hydroxylation is 1. The van der Waals surface area contributed by atoms with Gasteiger partial charge in [-0.15, -0.1) is 11.8 Å². The third-order valence-corrected chi connectivity index (χ3v) is 7.11. The molecule has 170 valence electrons. The summed E-state index contributed by atoms with van der Waals surface area (Å²) in [5, 5.41) is 22.2. The predicted octanol–water partition coefficient (Wildman–Crippen LogP) is 2.48. The molecule has 0 aliphatic heterocycles. The first kappa shape index (κ1) is 23.3. The molecular formula is C21H27FN2O6S. The second-order valence-corrected chi connectivity index (χ2v) is 10.3. The first-order valence-corrected chi connectivity index (χ1v) is 10.9. The third kappa shape index (κ3) is 4.23. The summed E-state index contributed by atoms with van der Waals surface area (Å²) in [7, 11) is 0. The van der Waals surface area contributed by atoms with Gasteiger partial charge in [0.15, 0.2) is 0 Å². The standard InChI is InChI=1S/C21H27FN2O6S/c1-9-7-10(5-6-12(9)22)31-8-11-16(23)13-14(17(25)26)15(13)21(11,18(27)28)24-19(29)30-20(2,3)4/h5-7,11,13-16H,8,23H2,1-4H3,(H,24,29)(H,25,26)(H,27,28)/t11-,13+,14+,15+,16-,21+/m1/s1. The third-order valence-electron chi connectivity index (χ3n) is 6.00. The van der Waals surface area contributed by atoms with Crippen LogP contribution in [-0.4, -0.2) is 51.2 Å². The van der Waals surface area contributed by atoms with Gasteiger partial charge in [0.2, 0.25) is 0 Å². The molecule has 8 nitrogen and oxygen atoms in total. The van der Waals surface area contributed by atoms with E-state index >= 15 is 0 Å². The van der Waals surface area contributed by atoms with E-state index in [1.165, 1.54) is 17.8 Å². The van der Waals surface area contributed by atoms with E-state index in [1.54, 1.807) is 39.8 Å². The number of ether oxygens (including phenoxy) is 1. The van der Waals surface area contributed by atoms with Crippen molar-refractivity contribution < 1.29 is 33.7 Å². The maximum atomic E-state index is 13.6. The molecule has 0 radical (unpaired) electrons. The number of alkyl carbamates (subject to hydrolysis) is 1. The van der Waals surface area contributed by atoms with Gasteiger partial charge in [-0.25, -0.2) is 14.0 Å². The highest BCUT2D eigenvalue weighted by Crippen LogP contribution is 2.64. The Morgan fingerprint density at radius 2 is 1.94 bits per heavy atom. The number of aliphatic carboxylic acids is 2. The molecule has 0 saturated heterocycles. The Kier molecular flexibility index (Phi) is 6.01. The Labute approximate surface area is 183 Å². The minimum atomic E-state index is -1.88. The van der Waals surface area contributed by atoms with Gasteiger partial charge in [-0.3, -0.25) is 4.79 Å². The van der Waals surface area contributed by atoms with E-state index in [0.29, 0.717) is 5.56 Å². The number of halogens is 1. The number of carbonyl (C=O) groups excluding carboxylic acids is 1. The van der Waals surface area contributed by atoms with Crippen molar-refractivity contribution in [3.8, 4) is 0 Å². The fraction of sp³-hybridized carbons (Fsp3) is 0.571. The molecule has 0 heterocycles. The van der Waals surface area contributed by atoms with Crippen molar-refractivity contribution in [3.05, 3.63) is 29.6 Å². The molecule has 2 fully saturated rings. The fourth-order valence-electron chi connectivity index (χ4n) is 4.68. The molecule has 6 atom stereocenters. The lowest BCUT2D eigenvalue weighted by atomic mass is 9.80. The quantitative estimate of drug-likeness (QED) is 0.481. The van der Waals surface area contributed by atoms with Crippen LogP contribution in [-0.2, 0) is 14.3 Å². The highest BCUT2D eigenvalue weighted by Gasteiger charge is 2.78. The number of fused-ring (bicyclic) bond motifs is 1. The van der Waals surface area contributed by atoms with Gasteiger partial charge in [-0.2, -0.15) is 0 Å². The highest BCUT2D eigenvalue weighted by atomic mass is 32.2. The summed E-state index contributed by atoms with van der Waals surface area (Å²) in [5.41, 5.74) is 4.04. The van der Waals surface area contributed by atoms with Crippen LogP contribution >= 0.6 is 11.8 Å². The van der Waals surface area contributed by atoms with Gasteiger partial charge in [0.1, 0.15) is 17.0 Å². The first-order valence-electron chi connectivity index (χ1n) is 9.91. The maximum absolute atomic E-state index is 13.6. The van der Waals surface area contributed by atoms with Crippen molar-refractivity contribution >= 4 is 29.8 Å². The van der Waals surface area contributed by atoms with Crippen molar-refractivity contribution in [1.29, 1.82) is 0 Å². The molecule has 0 aromatic heterocycles. The van der Waals surface area contributed by atoms with E-state index < -0.39 is 58.9 Å². The summed E-state index contributed by atoms with van der Waals surface area (Å²) in [5.74, 6) is -5.73. The maximum Gasteiger partial charge on any atom is 0.408 e. The van der Waals surface area contributed by atoms with Crippen LogP contribution in [0.3, 0.4) is 0 Å². The molecule has 0 spiro atoms. The lowest BCUT2D eigenvalue weighted by Crippen LogP contribution is -2.64. The molecule has 1 aromatic rings. The molecule has 2 aliphatic carbocycles. The van der Waals surface area contributed by atoms with Gasteiger partial charge in [0, 0.05) is 28.5 Å². The van der Waals surface area contributed by atoms with Crippen LogP contribution in [0, 0.1) is 36.4 Å². The number of carbonyl (C=O) groups is 3. The minimum absolute atomic E-state index is 0.202. The topological polar surface area (TPSA) is 139 Å². The molecule has 2 aliphatic rings. The van der Waals surface area contributed by atoms with E-state index in [9.17, 15) is 29.0 Å². The summed E-state index contributed by atoms with van der Waals surface area (Å²) in [6.45, 7) is 6.55. The van der Waals surface area contributed by atoms with Crippen LogP contribution in [0.5, 0.6) is 0 Å². The number of amides is 1. The van der Waals surface area contributed by atoms with Gasteiger partial charge in [0.25, 0.3) is 0 Å². The molecule has 31 heavy (non-hydrogen) atoms. The number of nitrogens with two attached hydrogens (primary N) is 1. The zero-order valence-corrected chi connectivity index (χ0v) is 18.5. The van der Waals surface area contributed by atoms with E-state index in [2.05, 4.69) is 5.32 Å². The average molecular weight is 455 g/mol.